The van der Waals surface area contributed by atoms with Crippen LogP contribution in [0.4, 0.5) is 5.69 Å². The Morgan fingerprint density at radius 3 is 2.42 bits per heavy atom. The van der Waals surface area contributed by atoms with Gasteiger partial charge in [0.1, 0.15) is 27.9 Å². The smallest absolute Gasteiger partial charge is 0.344 e. The number of ether oxygens (including phenoxy) is 3. The van der Waals surface area contributed by atoms with Crippen molar-refractivity contribution >= 4 is 40.5 Å². The van der Waals surface area contributed by atoms with Crippen molar-refractivity contribution in [3.63, 3.8) is 0 Å². The third-order valence-corrected chi connectivity index (χ3v) is 5.33. The lowest BCUT2D eigenvalue weighted by Crippen LogP contribution is -2.12. The second-order valence-corrected chi connectivity index (χ2v) is 7.65. The van der Waals surface area contributed by atoms with Crippen LogP contribution in [0.3, 0.4) is 0 Å². The van der Waals surface area contributed by atoms with E-state index in [0.29, 0.717) is 34.3 Å². The number of carboxylic acids is 1. The van der Waals surface area contributed by atoms with Crippen LogP contribution in [0.5, 0.6) is 11.5 Å². The number of nitrogens with zero attached hydrogens (tertiary/aromatic N) is 1. The molecule has 3 rings (SSSR count). The topological polar surface area (TPSA) is 115 Å². The molecule has 0 amide bonds. The molecule has 0 saturated heterocycles. The van der Waals surface area contributed by atoms with E-state index in [1.165, 1.54) is 0 Å². The molecule has 1 aliphatic rings. The minimum absolute atomic E-state index is 0.0362. The van der Waals surface area contributed by atoms with Gasteiger partial charge in [-0.3, -0.25) is 0 Å². The summed E-state index contributed by atoms with van der Waals surface area (Å²) in [5.74, 6) is -1.04. The van der Waals surface area contributed by atoms with E-state index in [9.17, 15) is 14.7 Å². The van der Waals surface area contributed by atoms with Crippen LogP contribution in [0, 0.1) is 0 Å². The maximum Gasteiger partial charge on any atom is 0.344 e. The number of para-hydroxylation sites is 1. The lowest BCUT2D eigenvalue weighted by atomic mass is 10.1. The van der Waals surface area contributed by atoms with E-state index in [-0.39, 0.29) is 23.0 Å². The predicted molar refractivity (Wildman–Crippen MR) is 126 cm³/mol. The molecule has 0 fully saturated rings. The van der Waals surface area contributed by atoms with E-state index in [2.05, 4.69) is 4.99 Å². The average molecular weight is 470 g/mol. The summed E-state index contributed by atoms with van der Waals surface area (Å²) in [5, 5.41) is 20.0. The Bertz CT molecular complexity index is 1120. The number of aliphatic carboxylic acids is 1. The molecule has 0 bridgehead atoms. The Hall–Kier alpha value is -3.72. The lowest BCUT2D eigenvalue weighted by molar-refractivity contribution is -0.139. The number of benzene rings is 2. The summed E-state index contributed by atoms with van der Waals surface area (Å²) in [5.41, 5.74) is 1.08. The van der Waals surface area contributed by atoms with E-state index in [1.54, 1.807) is 61.5 Å². The minimum Gasteiger partial charge on any atom is -0.506 e. The highest BCUT2D eigenvalue weighted by molar-refractivity contribution is 8.18. The molecule has 0 unspecified atom stereocenters. The van der Waals surface area contributed by atoms with Gasteiger partial charge in [0, 0.05) is 5.56 Å². The van der Waals surface area contributed by atoms with Crippen molar-refractivity contribution in [2.24, 2.45) is 4.99 Å². The Morgan fingerprint density at radius 1 is 1.03 bits per heavy atom. The molecule has 0 atom stereocenters. The number of carboxylic acid groups (broad SMARTS) is 1. The van der Waals surface area contributed by atoms with Gasteiger partial charge in [0.2, 0.25) is 0 Å². The Kier molecular flexibility index (Phi) is 8.15. The van der Waals surface area contributed by atoms with Gasteiger partial charge in [-0.15, -0.1) is 0 Å². The molecule has 1 aliphatic heterocycles. The molecule has 9 heteroatoms. The third-order valence-electron chi connectivity index (χ3n) is 4.31. The fourth-order valence-electron chi connectivity index (χ4n) is 2.90. The van der Waals surface area contributed by atoms with E-state index < -0.39 is 18.5 Å². The molecule has 2 aromatic rings. The van der Waals surface area contributed by atoms with Crippen LogP contribution in [0.15, 0.2) is 69.8 Å². The zero-order valence-electron chi connectivity index (χ0n) is 18.1. The Balaban J connectivity index is 1.98. The van der Waals surface area contributed by atoms with Crippen LogP contribution < -0.4 is 9.47 Å². The summed E-state index contributed by atoms with van der Waals surface area (Å²) in [6.07, 6.45) is 1.61. The van der Waals surface area contributed by atoms with Crippen LogP contribution in [0.25, 0.3) is 6.08 Å². The van der Waals surface area contributed by atoms with Crippen LogP contribution in [-0.4, -0.2) is 47.0 Å². The first-order valence-corrected chi connectivity index (χ1v) is 11.0. The van der Waals surface area contributed by atoms with Crippen molar-refractivity contribution < 1.29 is 34.0 Å². The molecule has 33 heavy (non-hydrogen) atoms. The number of aliphatic hydroxyl groups is 1. The van der Waals surface area contributed by atoms with Gasteiger partial charge in [0.05, 0.1) is 23.8 Å². The van der Waals surface area contributed by atoms with Crippen LogP contribution >= 0.6 is 11.8 Å². The van der Waals surface area contributed by atoms with Gasteiger partial charge in [-0.25, -0.2) is 14.6 Å². The fraction of sp³-hybridized carbons (Fsp3) is 0.208. The Morgan fingerprint density at radius 2 is 1.76 bits per heavy atom. The zero-order valence-corrected chi connectivity index (χ0v) is 18.9. The van der Waals surface area contributed by atoms with E-state index >= 15 is 0 Å². The summed E-state index contributed by atoms with van der Waals surface area (Å²) in [6, 6.07) is 13.8. The van der Waals surface area contributed by atoms with Crippen LogP contribution in [-0.2, 0) is 14.3 Å². The van der Waals surface area contributed by atoms with Gasteiger partial charge in [0.25, 0.3) is 0 Å². The van der Waals surface area contributed by atoms with E-state index in [0.717, 1.165) is 11.8 Å². The maximum atomic E-state index is 12.6. The lowest BCUT2D eigenvalue weighted by Gasteiger charge is -2.07. The average Bonchev–Trinajstić information content (AvgIpc) is 3.09. The number of aliphatic imine (C=N–C) groups is 1. The van der Waals surface area contributed by atoms with E-state index in [4.69, 9.17) is 19.3 Å². The number of hydrogen-bond donors (Lipinski definition) is 2. The number of hydrogen-bond acceptors (Lipinski definition) is 8. The van der Waals surface area contributed by atoms with Gasteiger partial charge in [-0.2, -0.15) is 0 Å². The van der Waals surface area contributed by atoms with Crippen molar-refractivity contribution in [2.45, 2.75) is 13.8 Å². The van der Waals surface area contributed by atoms with Gasteiger partial charge in [-0.05, 0) is 50.3 Å². The Labute approximate surface area is 195 Å². The molecular formula is C24H23NO7S. The number of esters is 1. The van der Waals surface area contributed by atoms with E-state index in [1.807, 2.05) is 6.92 Å². The quantitative estimate of drug-likeness (QED) is 0.506. The van der Waals surface area contributed by atoms with Gasteiger partial charge in [0.15, 0.2) is 6.61 Å². The summed E-state index contributed by atoms with van der Waals surface area (Å²) in [7, 11) is 0. The van der Waals surface area contributed by atoms with Crippen molar-refractivity contribution in [3.8, 4) is 11.5 Å². The molecule has 0 saturated carbocycles. The predicted octanol–water partition coefficient (Wildman–Crippen LogP) is 4.74. The molecule has 2 N–H and O–H groups in total. The largest absolute Gasteiger partial charge is 0.506 e. The van der Waals surface area contributed by atoms with Crippen molar-refractivity contribution in [1.82, 2.24) is 0 Å². The number of rotatable bonds is 9. The van der Waals surface area contributed by atoms with Gasteiger partial charge < -0.3 is 24.4 Å². The number of carbonyl (C=O) groups is 2. The highest BCUT2D eigenvalue weighted by Crippen LogP contribution is 2.41. The third kappa shape index (κ3) is 6.17. The fourth-order valence-corrected chi connectivity index (χ4v) is 3.93. The first-order chi connectivity index (χ1) is 15.9. The summed E-state index contributed by atoms with van der Waals surface area (Å²) < 4.78 is 15.9. The second-order valence-electron chi connectivity index (χ2n) is 6.62. The zero-order chi connectivity index (χ0) is 23.8. The normalized spacial score (nSPS) is 15.7. The highest BCUT2D eigenvalue weighted by atomic mass is 32.2. The standard InChI is InChI=1S/C24H23NO7S/c1-3-30-17-11-9-16(10-12-17)25-23-21(24(29)31-4-2)22(28)19(33-23)13-15-7-5-6-8-18(15)32-14-20(26)27/h5-13,28H,3-4,14H2,1-2H3,(H,26,27)/b19-13-,25-23?. The van der Waals surface area contributed by atoms with Crippen molar-refractivity contribution in [2.75, 3.05) is 19.8 Å². The monoisotopic (exact) mass is 469 g/mol. The van der Waals surface area contributed by atoms with Crippen LogP contribution in [0.2, 0.25) is 0 Å². The molecule has 2 aromatic carbocycles. The van der Waals surface area contributed by atoms with Gasteiger partial charge in [-0.1, -0.05) is 30.0 Å². The SMILES string of the molecule is CCOC(=O)C1=C(O)/C(=C/c2ccccc2OCC(=O)O)SC1=Nc1ccc(OCC)cc1. The first-order valence-electron chi connectivity index (χ1n) is 10.2. The van der Waals surface area contributed by atoms with Gasteiger partial charge >= 0.3 is 11.9 Å². The minimum atomic E-state index is -1.11. The summed E-state index contributed by atoms with van der Waals surface area (Å²) >= 11 is 1.10. The molecule has 8 nitrogen and oxygen atoms in total. The number of thioether (sulfide) groups is 1. The van der Waals surface area contributed by atoms with Crippen molar-refractivity contribution in [3.05, 3.63) is 70.3 Å². The molecule has 0 aliphatic carbocycles. The molecule has 0 aromatic heterocycles. The summed E-state index contributed by atoms with van der Waals surface area (Å²) in [6.45, 7) is 3.74. The molecule has 1 heterocycles. The summed E-state index contributed by atoms with van der Waals surface area (Å²) in [4.78, 5) is 28.3. The number of aliphatic hydroxyl groups excluding tert-OH is 1. The molecule has 0 radical (unpaired) electrons. The molecule has 0 spiro atoms. The first kappa shape index (κ1) is 23.9. The number of carbonyl (C=O) groups excluding carboxylic acids is 1. The second kappa shape index (κ2) is 11.2. The molecular weight excluding hydrogens is 446 g/mol. The molecule has 172 valence electrons. The van der Waals surface area contributed by atoms with Crippen molar-refractivity contribution in [1.29, 1.82) is 0 Å². The highest BCUT2D eigenvalue weighted by Gasteiger charge is 2.33. The van der Waals surface area contributed by atoms with Crippen LogP contribution in [0.1, 0.15) is 19.4 Å². The maximum absolute atomic E-state index is 12.6.